The first kappa shape index (κ1) is 66.0. The van der Waals surface area contributed by atoms with Crippen LogP contribution in [0.3, 0.4) is 0 Å². The number of aliphatic carboxylic acids is 1. The minimum absolute atomic E-state index is 0.0154. The van der Waals surface area contributed by atoms with Gasteiger partial charge in [-0.2, -0.15) is 0 Å². The summed E-state index contributed by atoms with van der Waals surface area (Å²) < 4.78 is 22.5. The number of likely N-dealkylation sites (N-methyl/N-ethyl adjacent to an activating group) is 1. The van der Waals surface area contributed by atoms with Crippen LogP contribution < -0.4 is 5.11 Å². The van der Waals surface area contributed by atoms with Gasteiger partial charge in [-0.15, -0.1) is 0 Å². The molecule has 69 heavy (non-hydrogen) atoms. The van der Waals surface area contributed by atoms with Crippen molar-refractivity contribution in [2.75, 3.05) is 47.5 Å². The molecule has 9 heteroatoms. The third kappa shape index (κ3) is 52.6. The quantitative estimate of drug-likeness (QED) is 0.0195. The maximum absolute atomic E-state index is 12.7. The molecule has 0 fully saturated rings. The van der Waals surface area contributed by atoms with Crippen molar-refractivity contribution in [3.63, 3.8) is 0 Å². The van der Waals surface area contributed by atoms with Crippen LogP contribution in [0.25, 0.3) is 0 Å². The Hall–Kier alpha value is -3.01. The molecule has 0 aromatic carbocycles. The number of nitrogens with zero attached hydrogens (tertiary/aromatic N) is 1. The molecule has 0 saturated heterocycles. The van der Waals surface area contributed by atoms with Gasteiger partial charge in [-0.25, -0.2) is 0 Å². The van der Waals surface area contributed by atoms with E-state index in [1.54, 1.807) is 6.08 Å². The monoisotopic (exact) mass is 970 g/mol. The molecule has 0 aromatic rings. The van der Waals surface area contributed by atoms with Crippen molar-refractivity contribution < 1.29 is 42.9 Å². The first-order chi connectivity index (χ1) is 33.6. The Kier molecular flexibility index (Phi) is 49.1. The number of rotatable bonds is 52. The summed E-state index contributed by atoms with van der Waals surface area (Å²) in [5.41, 5.74) is 0. The molecule has 9 nitrogen and oxygen atoms in total. The Morgan fingerprint density at radius 1 is 0.449 bits per heavy atom. The Morgan fingerprint density at radius 3 is 1.17 bits per heavy atom. The minimum atomic E-state index is -1.65. The van der Waals surface area contributed by atoms with Crippen LogP contribution >= 0.6 is 0 Å². The second-order valence-electron chi connectivity index (χ2n) is 20.2. The van der Waals surface area contributed by atoms with Crippen LogP contribution in [0.4, 0.5) is 0 Å². The molecule has 0 bridgehead atoms. The van der Waals surface area contributed by atoms with Crippen LogP contribution in [0, 0.1) is 0 Å². The molecule has 0 heterocycles. The molecule has 0 aliphatic rings. The molecule has 0 aromatic heterocycles. The van der Waals surface area contributed by atoms with E-state index in [0.717, 1.165) is 44.9 Å². The van der Waals surface area contributed by atoms with E-state index in [0.29, 0.717) is 17.4 Å². The molecule has 0 aliphatic carbocycles. The number of carbonyl (C=O) groups is 3. The fourth-order valence-corrected chi connectivity index (χ4v) is 7.97. The van der Waals surface area contributed by atoms with Gasteiger partial charge in [0.1, 0.15) is 13.2 Å². The highest BCUT2D eigenvalue weighted by molar-refractivity contribution is 5.71. The molecular weight excluding hydrogens is 863 g/mol. The van der Waals surface area contributed by atoms with Gasteiger partial charge >= 0.3 is 11.9 Å². The van der Waals surface area contributed by atoms with Crippen molar-refractivity contribution in [3.8, 4) is 0 Å². The average molecular weight is 971 g/mol. The summed E-state index contributed by atoms with van der Waals surface area (Å²) in [5, 5.41) is 11.7. The van der Waals surface area contributed by atoms with E-state index in [4.69, 9.17) is 18.9 Å². The third-order valence-electron chi connectivity index (χ3n) is 12.3. The van der Waals surface area contributed by atoms with Gasteiger partial charge < -0.3 is 33.3 Å². The van der Waals surface area contributed by atoms with Gasteiger partial charge in [0.25, 0.3) is 0 Å². The average Bonchev–Trinajstić information content (AvgIpc) is 3.31. The molecular formula is C60H107NO8. The standard InChI is InChI=1S/C60H107NO8/c1-6-8-10-12-14-16-18-20-22-23-24-25-26-27-28-29-30-31-32-33-34-35-37-38-40-42-44-46-48-50-57(62)67-54-56(55-68-60(59(64)65)66-53-52-61(3,4)5)69-58(63)51-49-47-45-43-41-39-36-21-19-17-15-13-11-9-7-2/h9,11,15,17,21,36,41,43,47,49,56,60H,6-8,10,12-14,16,18-20,22-35,37-40,42,44-46,48,50-55H2,1-5H3/b11-9-,17-15-,36-21-,43-41-,49-47-. The SMILES string of the molecule is CC/C=C\C/C=C\C/C=C\C/C=C\C/C=C\CC(=O)OC(COC(=O)CCCCCCCCCCCCCCCCCCCCCCCCCCCCCCC)COC(OCC[N+](C)(C)C)C(=O)[O-]. The van der Waals surface area contributed by atoms with E-state index in [1.165, 1.54) is 167 Å². The molecule has 0 N–H and O–H groups in total. The van der Waals surface area contributed by atoms with E-state index in [-0.39, 0.29) is 38.6 Å². The van der Waals surface area contributed by atoms with Crippen molar-refractivity contribution in [2.45, 2.75) is 257 Å². The van der Waals surface area contributed by atoms with Gasteiger partial charge in [0.2, 0.25) is 0 Å². The summed E-state index contributed by atoms with van der Waals surface area (Å²) in [6.07, 6.45) is 61.8. The molecule has 0 aliphatic heterocycles. The lowest BCUT2D eigenvalue weighted by Gasteiger charge is -2.26. The van der Waals surface area contributed by atoms with Crippen molar-refractivity contribution in [3.05, 3.63) is 60.8 Å². The lowest BCUT2D eigenvalue weighted by molar-refractivity contribution is -0.870. The maximum atomic E-state index is 12.7. The zero-order valence-corrected chi connectivity index (χ0v) is 45.4. The van der Waals surface area contributed by atoms with Gasteiger partial charge in [0.05, 0.1) is 46.7 Å². The molecule has 0 radical (unpaired) electrons. The van der Waals surface area contributed by atoms with Crippen LogP contribution in [0.15, 0.2) is 60.8 Å². The van der Waals surface area contributed by atoms with Gasteiger partial charge in [-0.05, 0) is 38.5 Å². The fourth-order valence-electron chi connectivity index (χ4n) is 7.97. The van der Waals surface area contributed by atoms with E-state index in [1.807, 2.05) is 33.3 Å². The van der Waals surface area contributed by atoms with Crippen molar-refractivity contribution in [2.24, 2.45) is 0 Å². The van der Waals surface area contributed by atoms with E-state index in [9.17, 15) is 19.5 Å². The number of hydrogen-bond acceptors (Lipinski definition) is 8. The number of carboxylic acid groups (broad SMARTS) is 1. The van der Waals surface area contributed by atoms with Crippen molar-refractivity contribution in [1.82, 2.24) is 0 Å². The second kappa shape index (κ2) is 51.3. The molecule has 0 rings (SSSR count). The van der Waals surface area contributed by atoms with Crippen LogP contribution in [0.2, 0.25) is 0 Å². The van der Waals surface area contributed by atoms with Crippen LogP contribution in [-0.2, 0) is 33.3 Å². The highest BCUT2D eigenvalue weighted by Gasteiger charge is 2.21. The number of carboxylic acids is 1. The van der Waals surface area contributed by atoms with Gasteiger partial charge in [-0.3, -0.25) is 9.59 Å². The molecule has 0 amide bonds. The Balaban J connectivity index is 4.18. The molecule has 2 unspecified atom stereocenters. The third-order valence-corrected chi connectivity index (χ3v) is 12.3. The normalized spacial score (nSPS) is 13.2. The van der Waals surface area contributed by atoms with Crippen LogP contribution in [0.1, 0.15) is 245 Å². The van der Waals surface area contributed by atoms with Crippen molar-refractivity contribution in [1.29, 1.82) is 0 Å². The predicted molar refractivity (Wildman–Crippen MR) is 288 cm³/mol. The summed E-state index contributed by atoms with van der Waals surface area (Å²) in [4.78, 5) is 37.1. The van der Waals surface area contributed by atoms with Crippen LogP contribution in [0.5, 0.6) is 0 Å². The fraction of sp³-hybridized carbons (Fsp3) is 0.783. The topological polar surface area (TPSA) is 111 Å². The minimum Gasteiger partial charge on any atom is -0.545 e. The lowest BCUT2D eigenvalue weighted by Crippen LogP contribution is -2.44. The number of unbranched alkanes of at least 4 members (excludes halogenated alkanes) is 28. The van der Waals surface area contributed by atoms with Gasteiger partial charge in [0.15, 0.2) is 12.4 Å². The van der Waals surface area contributed by atoms with E-state index in [2.05, 4.69) is 56.4 Å². The molecule has 2 atom stereocenters. The Bertz CT molecular complexity index is 1310. The highest BCUT2D eigenvalue weighted by atomic mass is 16.7. The summed E-state index contributed by atoms with van der Waals surface area (Å²) in [5.74, 6) is -2.44. The smallest absolute Gasteiger partial charge is 0.310 e. The van der Waals surface area contributed by atoms with E-state index >= 15 is 0 Å². The predicted octanol–water partition coefficient (Wildman–Crippen LogP) is 15.1. The number of hydrogen-bond donors (Lipinski definition) is 0. The second-order valence-corrected chi connectivity index (χ2v) is 20.2. The van der Waals surface area contributed by atoms with Crippen LogP contribution in [-0.4, -0.2) is 82.3 Å². The number of ether oxygens (including phenoxy) is 4. The summed E-state index contributed by atoms with van der Waals surface area (Å²) in [7, 11) is 5.89. The highest BCUT2D eigenvalue weighted by Crippen LogP contribution is 2.17. The molecule has 0 spiro atoms. The number of esters is 2. The summed E-state index contributed by atoms with van der Waals surface area (Å²) >= 11 is 0. The summed E-state index contributed by atoms with van der Waals surface area (Å²) in [6, 6.07) is 0. The molecule has 0 saturated carbocycles. The first-order valence-electron chi connectivity index (χ1n) is 28.4. The Morgan fingerprint density at radius 2 is 0.812 bits per heavy atom. The zero-order chi connectivity index (χ0) is 50.6. The first-order valence-corrected chi connectivity index (χ1v) is 28.4. The van der Waals surface area contributed by atoms with Gasteiger partial charge in [-0.1, -0.05) is 254 Å². The summed E-state index contributed by atoms with van der Waals surface area (Å²) in [6.45, 7) is 4.54. The van der Waals surface area contributed by atoms with Crippen molar-refractivity contribution >= 4 is 17.9 Å². The lowest BCUT2D eigenvalue weighted by atomic mass is 10.0. The number of allylic oxidation sites excluding steroid dienone is 9. The largest absolute Gasteiger partial charge is 0.545 e. The zero-order valence-electron chi connectivity index (χ0n) is 45.4. The Labute approximate surface area is 425 Å². The maximum Gasteiger partial charge on any atom is 0.310 e. The number of carbonyl (C=O) groups excluding carboxylic acids is 3. The molecule has 400 valence electrons. The number of quaternary nitrogens is 1. The van der Waals surface area contributed by atoms with Gasteiger partial charge in [0, 0.05) is 6.42 Å². The van der Waals surface area contributed by atoms with E-state index < -0.39 is 24.3 Å².